The van der Waals surface area contributed by atoms with Crippen LogP contribution in [0.5, 0.6) is 0 Å². The van der Waals surface area contributed by atoms with E-state index in [1.807, 2.05) is 6.26 Å². The average molecular weight is 264 g/mol. The molecule has 0 N–H and O–H groups in total. The van der Waals surface area contributed by atoms with Gasteiger partial charge in [-0.15, -0.1) is 0 Å². The summed E-state index contributed by atoms with van der Waals surface area (Å²) >= 11 is 0. The van der Waals surface area contributed by atoms with E-state index in [2.05, 4.69) is 59.5 Å². The van der Waals surface area contributed by atoms with Crippen LogP contribution in [-0.4, -0.2) is 8.32 Å². The maximum atomic E-state index is 6.13. The summed E-state index contributed by atoms with van der Waals surface area (Å²) in [5, 5.41) is 0.267. The van der Waals surface area contributed by atoms with Gasteiger partial charge >= 0.3 is 0 Å². The Bertz CT molecular complexity index is 369. The van der Waals surface area contributed by atoms with Crippen LogP contribution in [0.1, 0.15) is 40.5 Å². The SMILES string of the molecule is C=C(C)[C@H]1C=C/C(=C/O[Si](C)(C)C(C)(C)C)CC1. The molecule has 0 spiro atoms. The van der Waals surface area contributed by atoms with Crippen molar-refractivity contribution in [3.8, 4) is 0 Å². The van der Waals surface area contributed by atoms with Gasteiger partial charge in [0.25, 0.3) is 0 Å². The Morgan fingerprint density at radius 3 is 2.44 bits per heavy atom. The molecule has 0 unspecified atom stereocenters. The summed E-state index contributed by atoms with van der Waals surface area (Å²) in [5.41, 5.74) is 2.58. The predicted molar refractivity (Wildman–Crippen MR) is 83.0 cm³/mol. The van der Waals surface area contributed by atoms with Crippen LogP contribution in [0.3, 0.4) is 0 Å². The Hall–Kier alpha value is -0.763. The highest BCUT2D eigenvalue weighted by Crippen LogP contribution is 2.37. The molecule has 0 aliphatic heterocycles. The third kappa shape index (κ3) is 3.87. The van der Waals surface area contributed by atoms with Crippen molar-refractivity contribution in [3.63, 3.8) is 0 Å². The van der Waals surface area contributed by atoms with Crippen LogP contribution in [0.25, 0.3) is 0 Å². The normalized spacial score (nSPS) is 23.2. The maximum absolute atomic E-state index is 6.13. The summed E-state index contributed by atoms with van der Waals surface area (Å²) in [5.74, 6) is 0.551. The highest BCUT2D eigenvalue weighted by atomic mass is 28.4. The van der Waals surface area contributed by atoms with Crippen LogP contribution >= 0.6 is 0 Å². The summed E-state index contributed by atoms with van der Waals surface area (Å²) in [6.07, 6.45) is 8.73. The second-order valence-electron chi connectivity index (χ2n) is 6.92. The van der Waals surface area contributed by atoms with Crippen molar-refractivity contribution in [2.45, 2.75) is 58.7 Å². The summed E-state index contributed by atoms with van der Waals surface area (Å²) in [4.78, 5) is 0. The van der Waals surface area contributed by atoms with Crippen molar-refractivity contribution in [2.75, 3.05) is 0 Å². The first-order valence-electron chi connectivity index (χ1n) is 6.84. The lowest BCUT2D eigenvalue weighted by molar-refractivity contribution is 0.423. The molecule has 102 valence electrons. The molecular formula is C16H28OSi. The standard InChI is InChI=1S/C16H28OSi/c1-13(2)15-10-8-14(9-11-15)12-17-18(6,7)16(3,4)5/h8,10,12,15H,1,9,11H2,2-7H3/b14-12-/t15-/m0/s1. The fourth-order valence-electron chi connectivity index (χ4n) is 1.65. The molecule has 0 amide bonds. The van der Waals surface area contributed by atoms with Crippen molar-refractivity contribution in [3.05, 3.63) is 36.1 Å². The van der Waals surface area contributed by atoms with Crippen molar-refractivity contribution in [1.29, 1.82) is 0 Å². The lowest BCUT2D eigenvalue weighted by Crippen LogP contribution is -2.39. The van der Waals surface area contributed by atoms with Crippen LogP contribution in [0.15, 0.2) is 36.1 Å². The van der Waals surface area contributed by atoms with E-state index in [0.29, 0.717) is 5.92 Å². The predicted octanol–water partition coefficient (Wildman–Crippen LogP) is 5.43. The van der Waals surface area contributed by atoms with Gasteiger partial charge in [0.05, 0.1) is 6.26 Å². The Morgan fingerprint density at radius 1 is 1.44 bits per heavy atom. The van der Waals surface area contributed by atoms with E-state index >= 15 is 0 Å². The highest BCUT2D eigenvalue weighted by molar-refractivity contribution is 6.74. The van der Waals surface area contributed by atoms with E-state index in [0.717, 1.165) is 6.42 Å². The molecule has 0 saturated heterocycles. The van der Waals surface area contributed by atoms with Crippen LogP contribution in [0.4, 0.5) is 0 Å². The topological polar surface area (TPSA) is 9.23 Å². The van der Waals surface area contributed by atoms with Crippen LogP contribution < -0.4 is 0 Å². The summed E-state index contributed by atoms with van der Waals surface area (Å²) in [7, 11) is -1.66. The van der Waals surface area contributed by atoms with Crippen LogP contribution in [0.2, 0.25) is 18.1 Å². The molecule has 0 saturated carbocycles. The van der Waals surface area contributed by atoms with Gasteiger partial charge in [0.2, 0.25) is 8.32 Å². The second-order valence-corrected chi connectivity index (χ2v) is 11.7. The van der Waals surface area contributed by atoms with E-state index in [4.69, 9.17) is 4.43 Å². The average Bonchev–Trinajstić information content (AvgIpc) is 2.25. The fourth-order valence-corrected chi connectivity index (χ4v) is 2.45. The molecule has 0 bridgehead atoms. The number of hydrogen-bond donors (Lipinski definition) is 0. The molecule has 1 atom stereocenters. The first kappa shape index (κ1) is 15.3. The van der Waals surface area contributed by atoms with Gasteiger partial charge in [-0.1, -0.05) is 45.1 Å². The van der Waals surface area contributed by atoms with E-state index in [1.54, 1.807) is 0 Å². The number of allylic oxidation sites excluding steroid dienone is 4. The van der Waals surface area contributed by atoms with Gasteiger partial charge < -0.3 is 4.43 Å². The Labute approximate surface area is 114 Å². The molecule has 18 heavy (non-hydrogen) atoms. The minimum atomic E-state index is -1.66. The quantitative estimate of drug-likeness (QED) is 0.375. The van der Waals surface area contributed by atoms with E-state index in [1.165, 1.54) is 17.6 Å². The first-order valence-corrected chi connectivity index (χ1v) is 9.75. The van der Waals surface area contributed by atoms with Gasteiger partial charge in [-0.05, 0) is 49.4 Å². The third-order valence-electron chi connectivity index (χ3n) is 4.23. The van der Waals surface area contributed by atoms with Crippen LogP contribution in [0, 0.1) is 5.92 Å². The van der Waals surface area contributed by atoms with Crippen LogP contribution in [-0.2, 0) is 4.43 Å². The van der Waals surface area contributed by atoms with E-state index < -0.39 is 8.32 Å². The molecule has 0 aromatic carbocycles. The summed E-state index contributed by atoms with van der Waals surface area (Å²) in [6, 6.07) is 0. The zero-order valence-electron chi connectivity index (χ0n) is 12.8. The van der Waals surface area contributed by atoms with E-state index in [-0.39, 0.29) is 5.04 Å². The monoisotopic (exact) mass is 264 g/mol. The van der Waals surface area contributed by atoms with E-state index in [9.17, 15) is 0 Å². The third-order valence-corrected chi connectivity index (χ3v) is 8.55. The minimum Gasteiger partial charge on any atom is -0.549 e. The van der Waals surface area contributed by atoms with Gasteiger partial charge in [0.15, 0.2) is 0 Å². The molecule has 1 rings (SSSR count). The lowest BCUT2D eigenvalue weighted by atomic mass is 9.89. The Morgan fingerprint density at radius 2 is 2.06 bits per heavy atom. The van der Waals surface area contributed by atoms with Gasteiger partial charge in [0.1, 0.15) is 0 Å². The van der Waals surface area contributed by atoms with Gasteiger partial charge in [-0.2, -0.15) is 0 Å². The largest absolute Gasteiger partial charge is 0.549 e. The molecule has 2 heteroatoms. The molecule has 1 aliphatic carbocycles. The zero-order valence-corrected chi connectivity index (χ0v) is 13.8. The second kappa shape index (κ2) is 5.48. The minimum absolute atomic E-state index is 0.267. The van der Waals surface area contributed by atoms with Gasteiger partial charge in [0, 0.05) is 0 Å². The van der Waals surface area contributed by atoms with Gasteiger partial charge in [-0.25, -0.2) is 0 Å². The molecule has 0 aromatic heterocycles. The Kier molecular flexibility index (Phi) is 4.65. The summed E-state index contributed by atoms with van der Waals surface area (Å²) < 4.78 is 6.13. The lowest BCUT2D eigenvalue weighted by Gasteiger charge is -2.35. The fraction of sp³-hybridized carbons (Fsp3) is 0.625. The molecule has 1 aliphatic rings. The molecule has 0 radical (unpaired) electrons. The molecule has 0 aromatic rings. The van der Waals surface area contributed by atoms with Crippen molar-refractivity contribution >= 4 is 8.32 Å². The van der Waals surface area contributed by atoms with Crippen molar-refractivity contribution < 1.29 is 4.43 Å². The molecule has 0 fully saturated rings. The number of rotatable bonds is 3. The first-order chi connectivity index (χ1) is 8.13. The molecule has 1 nitrogen and oxygen atoms in total. The van der Waals surface area contributed by atoms with Crippen molar-refractivity contribution in [2.24, 2.45) is 5.92 Å². The van der Waals surface area contributed by atoms with Gasteiger partial charge in [-0.3, -0.25) is 0 Å². The molecular weight excluding hydrogens is 236 g/mol. The smallest absolute Gasteiger partial charge is 0.249 e. The highest BCUT2D eigenvalue weighted by Gasteiger charge is 2.38. The summed E-state index contributed by atoms with van der Waals surface area (Å²) in [6.45, 7) is 17.5. The Balaban J connectivity index is 2.66. The van der Waals surface area contributed by atoms with Crippen molar-refractivity contribution in [1.82, 2.24) is 0 Å². The number of hydrogen-bond acceptors (Lipinski definition) is 1. The zero-order chi connectivity index (χ0) is 14.0. The maximum Gasteiger partial charge on any atom is 0.249 e. The molecule has 0 heterocycles.